The molecule has 2 saturated heterocycles. The predicted octanol–water partition coefficient (Wildman–Crippen LogP) is 1.01. The van der Waals surface area contributed by atoms with Crippen LogP contribution >= 0.6 is 0 Å². The van der Waals surface area contributed by atoms with Crippen LogP contribution in [0, 0.1) is 5.92 Å². The molecule has 2 heterocycles. The van der Waals surface area contributed by atoms with Gasteiger partial charge >= 0.3 is 5.97 Å². The first kappa shape index (κ1) is 12.8. The van der Waals surface area contributed by atoms with Gasteiger partial charge in [-0.25, -0.2) is 0 Å². The van der Waals surface area contributed by atoms with Gasteiger partial charge in [-0.3, -0.25) is 9.69 Å². The number of rotatable bonds is 4. The first-order chi connectivity index (χ1) is 8.20. The van der Waals surface area contributed by atoms with Crippen molar-refractivity contribution in [2.24, 2.45) is 5.92 Å². The molecule has 17 heavy (non-hydrogen) atoms. The highest BCUT2D eigenvalue weighted by Gasteiger charge is 2.36. The second-order valence-electron chi connectivity index (χ2n) is 5.27. The van der Waals surface area contributed by atoms with Gasteiger partial charge < -0.3 is 10.1 Å². The van der Waals surface area contributed by atoms with Gasteiger partial charge in [0, 0.05) is 25.2 Å². The van der Waals surface area contributed by atoms with Crippen LogP contribution in [0.15, 0.2) is 0 Å². The van der Waals surface area contributed by atoms with E-state index in [9.17, 15) is 4.79 Å². The molecule has 0 spiro atoms. The van der Waals surface area contributed by atoms with Crippen LogP contribution in [0.3, 0.4) is 0 Å². The van der Waals surface area contributed by atoms with Crippen molar-refractivity contribution in [3.8, 4) is 0 Å². The van der Waals surface area contributed by atoms with E-state index in [2.05, 4.69) is 17.1 Å². The minimum Gasteiger partial charge on any atom is -0.466 e. The van der Waals surface area contributed by atoms with Crippen LogP contribution in [0.5, 0.6) is 0 Å². The molecule has 2 aliphatic rings. The van der Waals surface area contributed by atoms with Crippen molar-refractivity contribution in [2.75, 3.05) is 26.2 Å². The van der Waals surface area contributed by atoms with E-state index in [1.807, 2.05) is 6.92 Å². The zero-order valence-corrected chi connectivity index (χ0v) is 10.9. The third-order valence-corrected chi connectivity index (χ3v) is 4.02. The number of carbonyl (C=O) groups is 1. The Hall–Kier alpha value is -0.610. The van der Waals surface area contributed by atoms with Gasteiger partial charge in [-0.2, -0.15) is 0 Å². The SMILES string of the molecule is CCOC(=O)CC(C)N1C[C@@H]2CCCN[C@@H]2C1. The summed E-state index contributed by atoms with van der Waals surface area (Å²) >= 11 is 0. The Morgan fingerprint density at radius 3 is 3.06 bits per heavy atom. The normalized spacial score (nSPS) is 30.9. The molecule has 0 radical (unpaired) electrons. The number of nitrogens with one attached hydrogen (secondary N) is 1. The lowest BCUT2D eigenvalue weighted by molar-refractivity contribution is -0.144. The molecule has 0 amide bonds. The molecule has 0 bridgehead atoms. The van der Waals surface area contributed by atoms with E-state index in [1.54, 1.807) is 0 Å². The lowest BCUT2D eigenvalue weighted by atomic mass is 9.94. The lowest BCUT2D eigenvalue weighted by Crippen LogP contribution is -2.41. The van der Waals surface area contributed by atoms with E-state index in [0.29, 0.717) is 25.1 Å². The summed E-state index contributed by atoms with van der Waals surface area (Å²) in [6.45, 7) is 7.86. The number of likely N-dealkylation sites (tertiary alicyclic amines) is 1. The first-order valence-electron chi connectivity index (χ1n) is 6.83. The van der Waals surface area contributed by atoms with E-state index < -0.39 is 0 Å². The van der Waals surface area contributed by atoms with Crippen LogP contribution < -0.4 is 5.32 Å². The molecule has 0 aliphatic carbocycles. The van der Waals surface area contributed by atoms with Gasteiger partial charge in [-0.1, -0.05) is 0 Å². The monoisotopic (exact) mass is 240 g/mol. The number of piperidine rings is 1. The molecule has 2 aliphatic heterocycles. The summed E-state index contributed by atoms with van der Waals surface area (Å²) in [6.07, 6.45) is 3.15. The highest BCUT2D eigenvalue weighted by atomic mass is 16.5. The molecule has 98 valence electrons. The Morgan fingerprint density at radius 2 is 2.35 bits per heavy atom. The minimum absolute atomic E-state index is 0.0668. The van der Waals surface area contributed by atoms with Crippen LogP contribution in [-0.2, 0) is 9.53 Å². The van der Waals surface area contributed by atoms with E-state index in [-0.39, 0.29) is 5.97 Å². The van der Waals surface area contributed by atoms with Crippen LogP contribution in [0.4, 0.5) is 0 Å². The molecule has 4 heteroatoms. The molecule has 0 aromatic carbocycles. The lowest BCUT2D eigenvalue weighted by Gasteiger charge is -2.25. The topological polar surface area (TPSA) is 41.6 Å². The summed E-state index contributed by atoms with van der Waals surface area (Å²) in [5.41, 5.74) is 0. The highest BCUT2D eigenvalue weighted by Crippen LogP contribution is 2.26. The Kier molecular flexibility index (Phi) is 4.40. The molecule has 4 nitrogen and oxygen atoms in total. The van der Waals surface area contributed by atoms with Gasteiger partial charge in [0.25, 0.3) is 0 Å². The zero-order valence-electron chi connectivity index (χ0n) is 10.9. The Bertz CT molecular complexity index is 256. The predicted molar refractivity (Wildman–Crippen MR) is 66.8 cm³/mol. The number of nitrogens with zero attached hydrogens (tertiary/aromatic N) is 1. The number of esters is 1. The molecule has 3 atom stereocenters. The summed E-state index contributed by atoms with van der Waals surface area (Å²) in [5, 5.41) is 3.59. The number of ether oxygens (including phenoxy) is 1. The average Bonchev–Trinajstić information content (AvgIpc) is 2.72. The van der Waals surface area contributed by atoms with Crippen LogP contribution in [0.25, 0.3) is 0 Å². The largest absolute Gasteiger partial charge is 0.466 e. The minimum atomic E-state index is -0.0668. The van der Waals surface area contributed by atoms with Crippen molar-refractivity contribution >= 4 is 5.97 Å². The van der Waals surface area contributed by atoms with E-state index in [4.69, 9.17) is 4.74 Å². The van der Waals surface area contributed by atoms with Crippen molar-refractivity contribution in [2.45, 2.75) is 45.2 Å². The zero-order chi connectivity index (χ0) is 12.3. The summed E-state index contributed by atoms with van der Waals surface area (Å²) in [5.74, 6) is 0.719. The summed E-state index contributed by atoms with van der Waals surface area (Å²) in [4.78, 5) is 13.9. The van der Waals surface area contributed by atoms with Crippen LogP contribution in [0.1, 0.15) is 33.1 Å². The molecule has 0 aromatic heterocycles. The Morgan fingerprint density at radius 1 is 1.53 bits per heavy atom. The van der Waals surface area contributed by atoms with E-state index >= 15 is 0 Å². The van der Waals surface area contributed by atoms with Crippen LogP contribution in [0.2, 0.25) is 0 Å². The molecule has 2 rings (SSSR count). The van der Waals surface area contributed by atoms with Crippen molar-refractivity contribution in [1.29, 1.82) is 0 Å². The third-order valence-electron chi connectivity index (χ3n) is 4.02. The molecular weight excluding hydrogens is 216 g/mol. The average molecular weight is 240 g/mol. The second kappa shape index (κ2) is 5.83. The Balaban J connectivity index is 1.80. The number of hydrogen-bond donors (Lipinski definition) is 1. The van der Waals surface area contributed by atoms with Gasteiger partial charge in [0.15, 0.2) is 0 Å². The number of carbonyl (C=O) groups excluding carboxylic acids is 1. The van der Waals surface area contributed by atoms with Gasteiger partial charge in [-0.15, -0.1) is 0 Å². The van der Waals surface area contributed by atoms with Crippen molar-refractivity contribution in [3.05, 3.63) is 0 Å². The standard InChI is InChI=1S/C13H24N2O2/c1-3-17-13(16)7-10(2)15-8-11-5-4-6-14-12(11)9-15/h10-12,14H,3-9H2,1-2H3/t10?,11-,12+/m0/s1. The van der Waals surface area contributed by atoms with Gasteiger partial charge in [-0.05, 0) is 39.2 Å². The highest BCUT2D eigenvalue weighted by molar-refractivity contribution is 5.70. The number of fused-ring (bicyclic) bond motifs is 1. The summed E-state index contributed by atoms with van der Waals surface area (Å²) < 4.78 is 5.01. The van der Waals surface area contributed by atoms with E-state index in [0.717, 1.165) is 25.6 Å². The molecule has 0 saturated carbocycles. The maximum atomic E-state index is 11.5. The maximum absolute atomic E-state index is 11.5. The fourth-order valence-corrected chi connectivity index (χ4v) is 3.03. The maximum Gasteiger partial charge on any atom is 0.307 e. The number of hydrogen-bond acceptors (Lipinski definition) is 4. The fraction of sp³-hybridized carbons (Fsp3) is 0.923. The molecule has 1 N–H and O–H groups in total. The Labute approximate surface area is 104 Å². The van der Waals surface area contributed by atoms with Gasteiger partial charge in [0.2, 0.25) is 0 Å². The molecule has 0 aromatic rings. The van der Waals surface area contributed by atoms with E-state index in [1.165, 1.54) is 12.8 Å². The quantitative estimate of drug-likeness (QED) is 0.745. The van der Waals surface area contributed by atoms with Gasteiger partial charge in [0.1, 0.15) is 0 Å². The second-order valence-corrected chi connectivity index (χ2v) is 5.27. The van der Waals surface area contributed by atoms with Crippen molar-refractivity contribution in [3.63, 3.8) is 0 Å². The smallest absolute Gasteiger partial charge is 0.307 e. The first-order valence-corrected chi connectivity index (χ1v) is 6.83. The van der Waals surface area contributed by atoms with Crippen LogP contribution in [-0.4, -0.2) is 49.2 Å². The molecular formula is C13H24N2O2. The van der Waals surface area contributed by atoms with Gasteiger partial charge in [0.05, 0.1) is 13.0 Å². The summed E-state index contributed by atoms with van der Waals surface area (Å²) in [7, 11) is 0. The van der Waals surface area contributed by atoms with Crippen molar-refractivity contribution < 1.29 is 9.53 Å². The van der Waals surface area contributed by atoms with Crippen molar-refractivity contribution in [1.82, 2.24) is 10.2 Å². The summed E-state index contributed by atoms with van der Waals surface area (Å²) in [6, 6.07) is 0.954. The third kappa shape index (κ3) is 3.19. The fourth-order valence-electron chi connectivity index (χ4n) is 3.03. The molecule has 2 fully saturated rings. The molecule has 1 unspecified atom stereocenters.